The van der Waals surface area contributed by atoms with Crippen LogP contribution in [0.15, 0.2) is 73.2 Å². The Morgan fingerprint density at radius 3 is 2.10 bits per heavy atom. The van der Waals surface area contributed by atoms with Crippen LogP contribution in [0.5, 0.6) is 0 Å². The summed E-state index contributed by atoms with van der Waals surface area (Å²) in [5, 5.41) is 5.67. The van der Waals surface area contributed by atoms with E-state index in [1.165, 1.54) is 18.3 Å². The van der Waals surface area contributed by atoms with Gasteiger partial charge in [0.2, 0.25) is 17.7 Å². The van der Waals surface area contributed by atoms with E-state index in [9.17, 15) is 19.2 Å². The minimum atomic E-state index is -0.997. The average Bonchev–Trinajstić information content (AvgIpc) is 3.51. The fraction of sp³-hybridized carbons (Fsp3) is 0.387. The molecule has 0 fully saturated rings. The van der Waals surface area contributed by atoms with Crippen molar-refractivity contribution in [2.75, 3.05) is 14.2 Å². The number of nitrogens with one attached hydrogen (secondary N) is 3. The lowest BCUT2D eigenvalue weighted by molar-refractivity contribution is -0.147. The summed E-state index contributed by atoms with van der Waals surface area (Å²) < 4.78 is 4.93. The maximum absolute atomic E-state index is 14.0. The Morgan fingerprint density at radius 2 is 1.54 bits per heavy atom. The molecule has 0 radical (unpaired) electrons. The van der Waals surface area contributed by atoms with Crippen LogP contribution in [-0.2, 0) is 43.2 Å². The maximum Gasteiger partial charge on any atom is 0.328 e. The van der Waals surface area contributed by atoms with E-state index in [0.29, 0.717) is 18.5 Å². The zero-order valence-corrected chi connectivity index (χ0v) is 23.8. The molecule has 3 atom stereocenters. The topological polar surface area (TPSA) is 133 Å². The molecule has 0 aliphatic rings. The fourth-order valence-electron chi connectivity index (χ4n) is 4.52. The maximum atomic E-state index is 14.0. The number of imidazole rings is 1. The molecule has 218 valence electrons. The van der Waals surface area contributed by atoms with Crippen LogP contribution in [0.2, 0.25) is 0 Å². The number of amides is 3. The summed E-state index contributed by atoms with van der Waals surface area (Å²) in [5.74, 6) is -1.76. The number of carbonyl (C=O) groups excluding carboxylic acids is 4. The number of hydrogen-bond acceptors (Lipinski definition) is 6. The van der Waals surface area contributed by atoms with Crippen molar-refractivity contribution in [2.45, 2.75) is 63.6 Å². The highest BCUT2D eigenvalue weighted by Gasteiger charge is 2.34. The third-order valence-electron chi connectivity index (χ3n) is 6.84. The van der Waals surface area contributed by atoms with Crippen LogP contribution in [0.1, 0.15) is 43.0 Å². The molecule has 3 unspecified atom stereocenters. The van der Waals surface area contributed by atoms with E-state index in [4.69, 9.17) is 4.74 Å². The van der Waals surface area contributed by atoms with Gasteiger partial charge >= 0.3 is 5.97 Å². The van der Waals surface area contributed by atoms with Gasteiger partial charge in [-0.25, -0.2) is 9.78 Å². The van der Waals surface area contributed by atoms with Crippen molar-refractivity contribution in [2.24, 2.45) is 0 Å². The number of aromatic amines is 1. The molecule has 0 saturated heterocycles. The number of H-pyrrole nitrogens is 1. The van der Waals surface area contributed by atoms with Crippen molar-refractivity contribution in [3.05, 3.63) is 90.0 Å². The van der Waals surface area contributed by atoms with E-state index >= 15 is 0 Å². The molecular formula is C31H39N5O5. The lowest BCUT2D eigenvalue weighted by Crippen LogP contribution is -2.57. The molecule has 0 aliphatic carbocycles. The highest BCUT2D eigenvalue weighted by Crippen LogP contribution is 2.14. The lowest BCUT2D eigenvalue weighted by Gasteiger charge is -2.32. The number of ether oxygens (including phenoxy) is 1. The molecule has 10 heteroatoms. The van der Waals surface area contributed by atoms with Gasteiger partial charge in [0, 0.05) is 44.6 Å². The van der Waals surface area contributed by atoms with Gasteiger partial charge in [-0.05, 0) is 17.5 Å². The molecule has 3 amide bonds. The smallest absolute Gasteiger partial charge is 0.328 e. The quantitative estimate of drug-likeness (QED) is 0.244. The summed E-state index contributed by atoms with van der Waals surface area (Å²) in [5.41, 5.74) is 2.36. The van der Waals surface area contributed by atoms with Gasteiger partial charge in [0.1, 0.15) is 18.1 Å². The molecule has 3 N–H and O–H groups in total. The number of esters is 1. The third-order valence-corrected chi connectivity index (χ3v) is 6.84. The van der Waals surface area contributed by atoms with Gasteiger partial charge < -0.3 is 25.3 Å². The minimum Gasteiger partial charge on any atom is -0.467 e. The van der Waals surface area contributed by atoms with Gasteiger partial charge in [-0.15, -0.1) is 0 Å². The van der Waals surface area contributed by atoms with Gasteiger partial charge in [0.05, 0.1) is 13.4 Å². The second-order valence-electron chi connectivity index (χ2n) is 9.93. The number of carbonyl (C=O) groups is 4. The minimum absolute atomic E-state index is 0.137. The molecule has 3 aromatic rings. The normalized spacial score (nSPS) is 13.0. The van der Waals surface area contributed by atoms with E-state index in [2.05, 4.69) is 20.6 Å². The molecule has 2 aromatic carbocycles. The summed E-state index contributed by atoms with van der Waals surface area (Å²) in [7, 11) is 2.80. The predicted molar refractivity (Wildman–Crippen MR) is 155 cm³/mol. The number of likely N-dealkylation sites (N-methyl/N-ethyl adjacent to an activating group) is 1. The first-order valence-corrected chi connectivity index (χ1v) is 13.8. The summed E-state index contributed by atoms with van der Waals surface area (Å²) in [6, 6.07) is 15.9. The van der Waals surface area contributed by atoms with E-state index in [-0.39, 0.29) is 25.2 Å². The first kappa shape index (κ1) is 31.1. The lowest BCUT2D eigenvalue weighted by atomic mass is 10.00. The molecule has 41 heavy (non-hydrogen) atoms. The van der Waals surface area contributed by atoms with Gasteiger partial charge in [0.15, 0.2) is 0 Å². The van der Waals surface area contributed by atoms with Crippen LogP contribution in [0.4, 0.5) is 0 Å². The van der Waals surface area contributed by atoms with E-state index in [1.54, 1.807) is 13.2 Å². The van der Waals surface area contributed by atoms with E-state index in [0.717, 1.165) is 17.5 Å². The fourth-order valence-corrected chi connectivity index (χ4v) is 4.52. The van der Waals surface area contributed by atoms with E-state index < -0.39 is 35.9 Å². The van der Waals surface area contributed by atoms with E-state index in [1.807, 2.05) is 67.6 Å². The molecule has 10 nitrogen and oxygen atoms in total. The molecule has 3 rings (SSSR count). The number of benzene rings is 2. The summed E-state index contributed by atoms with van der Waals surface area (Å²) in [6.45, 7) is 1.99. The van der Waals surface area contributed by atoms with Crippen molar-refractivity contribution in [1.82, 2.24) is 25.5 Å². The standard InChI is InChI=1S/C31H39N5O5/c1-4-5-16-28(37)34-25(17-22-12-8-6-9-13-22)30(39)36(2)27(18-23-14-10-7-11-15-23)29(38)35-26(31(40)41-3)19-24-20-32-21-33-24/h6-15,20-21,25-27H,4-5,16-19H2,1-3H3,(H,32,33)(H,34,37)(H,35,38). The second kappa shape index (κ2) is 16.0. The Balaban J connectivity index is 1.88. The SMILES string of the molecule is CCCCC(=O)NC(Cc1ccccc1)C(=O)N(C)C(Cc1ccccc1)C(=O)NC(Cc1cnc[nH]1)C(=O)OC. The Hall–Kier alpha value is -4.47. The molecular weight excluding hydrogens is 522 g/mol. The number of methoxy groups -OCH3 is 1. The highest BCUT2D eigenvalue weighted by molar-refractivity contribution is 5.93. The van der Waals surface area contributed by atoms with Crippen molar-refractivity contribution >= 4 is 23.7 Å². The van der Waals surface area contributed by atoms with Crippen LogP contribution < -0.4 is 10.6 Å². The largest absolute Gasteiger partial charge is 0.467 e. The van der Waals surface area contributed by atoms with Gasteiger partial charge in [0.25, 0.3) is 0 Å². The Morgan fingerprint density at radius 1 is 0.902 bits per heavy atom. The summed E-state index contributed by atoms with van der Waals surface area (Å²) in [6.07, 6.45) is 5.52. The Kier molecular flexibility index (Phi) is 12.1. The third kappa shape index (κ3) is 9.59. The number of unbranched alkanes of at least 4 members (excludes halogenated alkanes) is 1. The van der Waals surface area contributed by atoms with Crippen molar-refractivity contribution in [3.8, 4) is 0 Å². The van der Waals surface area contributed by atoms with Gasteiger partial charge in [-0.2, -0.15) is 0 Å². The summed E-state index contributed by atoms with van der Waals surface area (Å²) >= 11 is 0. The monoisotopic (exact) mass is 561 g/mol. The van der Waals surface area contributed by atoms with Crippen LogP contribution in [0.25, 0.3) is 0 Å². The van der Waals surface area contributed by atoms with Crippen LogP contribution >= 0.6 is 0 Å². The highest BCUT2D eigenvalue weighted by atomic mass is 16.5. The zero-order valence-electron chi connectivity index (χ0n) is 23.8. The van der Waals surface area contributed by atoms with Crippen molar-refractivity contribution < 1.29 is 23.9 Å². The summed E-state index contributed by atoms with van der Waals surface area (Å²) in [4.78, 5) is 61.3. The first-order chi connectivity index (χ1) is 19.8. The number of rotatable bonds is 15. The number of nitrogens with zero attached hydrogens (tertiary/aromatic N) is 2. The molecule has 0 bridgehead atoms. The van der Waals surface area contributed by atoms with Gasteiger partial charge in [-0.1, -0.05) is 74.0 Å². The first-order valence-electron chi connectivity index (χ1n) is 13.8. The van der Waals surface area contributed by atoms with Crippen molar-refractivity contribution in [3.63, 3.8) is 0 Å². The predicted octanol–water partition coefficient (Wildman–Crippen LogP) is 2.60. The van der Waals surface area contributed by atoms with Crippen LogP contribution in [-0.4, -0.2) is 70.8 Å². The Bertz CT molecular complexity index is 1250. The molecule has 1 heterocycles. The molecule has 0 spiro atoms. The van der Waals surface area contributed by atoms with Gasteiger partial charge in [-0.3, -0.25) is 14.4 Å². The Labute approximate surface area is 240 Å². The van der Waals surface area contributed by atoms with Crippen molar-refractivity contribution in [1.29, 1.82) is 0 Å². The second-order valence-corrected chi connectivity index (χ2v) is 9.93. The van der Waals surface area contributed by atoms with Crippen LogP contribution in [0, 0.1) is 0 Å². The molecule has 1 aromatic heterocycles. The number of hydrogen-bond donors (Lipinski definition) is 3. The molecule has 0 saturated carbocycles. The zero-order chi connectivity index (χ0) is 29.6. The number of aromatic nitrogens is 2. The average molecular weight is 562 g/mol. The molecule has 0 aliphatic heterocycles. The van der Waals surface area contributed by atoms with Crippen LogP contribution in [0.3, 0.4) is 0 Å².